The summed E-state index contributed by atoms with van der Waals surface area (Å²) in [4.78, 5) is 37.8. The summed E-state index contributed by atoms with van der Waals surface area (Å²) in [7, 11) is 0. The van der Waals surface area contributed by atoms with Gasteiger partial charge in [0.1, 0.15) is 15.6 Å². The second-order valence-corrected chi connectivity index (χ2v) is 8.81. The van der Waals surface area contributed by atoms with E-state index in [1.54, 1.807) is 39.8 Å². The van der Waals surface area contributed by atoms with Crippen LogP contribution in [0.1, 0.15) is 58.9 Å². The van der Waals surface area contributed by atoms with Crippen LogP contribution in [0.4, 0.5) is 5.00 Å². The van der Waals surface area contributed by atoms with Crippen LogP contribution in [0, 0.1) is 6.92 Å². The summed E-state index contributed by atoms with van der Waals surface area (Å²) in [6, 6.07) is 5.48. The average Bonchev–Trinajstić information content (AvgIpc) is 3.04. The number of rotatable bonds is 9. The maximum absolute atomic E-state index is 12.6. The molecule has 0 saturated carbocycles. The monoisotopic (exact) mass is 523 g/mol. The Kier molecular flexibility index (Phi) is 9.46. The van der Waals surface area contributed by atoms with Crippen molar-refractivity contribution in [3.8, 4) is 5.75 Å². The Bertz CT molecular complexity index is 1030. The molecule has 172 valence electrons. The first-order valence-corrected chi connectivity index (χ1v) is 11.7. The normalized spacial score (nSPS) is 11.0. The number of halogens is 1. The molecule has 7 nitrogen and oxygen atoms in total. The van der Waals surface area contributed by atoms with Crippen LogP contribution in [-0.2, 0) is 14.3 Å². The highest BCUT2D eigenvalue weighted by Crippen LogP contribution is 2.34. The van der Waals surface area contributed by atoms with E-state index < -0.39 is 17.8 Å². The number of benzene rings is 1. The van der Waals surface area contributed by atoms with E-state index in [9.17, 15) is 14.4 Å². The number of carbonyl (C=O) groups is 3. The third-order valence-corrected chi connectivity index (χ3v) is 5.76. The number of ether oxygens (including phenoxy) is 3. The Morgan fingerprint density at radius 3 is 2.50 bits per heavy atom. The summed E-state index contributed by atoms with van der Waals surface area (Å²) >= 11 is 4.39. The predicted molar refractivity (Wildman–Crippen MR) is 129 cm³/mol. The number of anilines is 1. The van der Waals surface area contributed by atoms with Gasteiger partial charge in [-0.3, -0.25) is 4.79 Å². The van der Waals surface area contributed by atoms with E-state index in [0.717, 1.165) is 15.8 Å². The Morgan fingerprint density at radius 2 is 1.88 bits per heavy atom. The number of thiophene rings is 1. The molecule has 2 rings (SSSR count). The summed E-state index contributed by atoms with van der Waals surface area (Å²) < 4.78 is 16.8. The molecule has 2 aromatic rings. The lowest BCUT2D eigenvalue weighted by Crippen LogP contribution is -2.13. The van der Waals surface area contributed by atoms with E-state index >= 15 is 0 Å². The second kappa shape index (κ2) is 11.8. The molecule has 0 fully saturated rings. The summed E-state index contributed by atoms with van der Waals surface area (Å²) in [5, 5.41) is 2.91. The largest absolute Gasteiger partial charge is 0.493 e. The number of amides is 1. The number of nitrogens with one attached hydrogen (secondary N) is 1. The molecule has 0 aliphatic carbocycles. The van der Waals surface area contributed by atoms with Crippen LogP contribution in [0.25, 0.3) is 6.08 Å². The van der Waals surface area contributed by atoms with Gasteiger partial charge in [-0.25, -0.2) is 9.59 Å². The summed E-state index contributed by atoms with van der Waals surface area (Å²) in [6.45, 7) is 9.30. The van der Waals surface area contributed by atoms with Crippen molar-refractivity contribution >= 4 is 56.2 Å². The van der Waals surface area contributed by atoms with Crippen molar-refractivity contribution in [2.24, 2.45) is 0 Å². The number of esters is 2. The third kappa shape index (κ3) is 6.67. The number of hydrogen-bond donors (Lipinski definition) is 1. The van der Waals surface area contributed by atoms with Gasteiger partial charge in [-0.15, -0.1) is 11.3 Å². The highest BCUT2D eigenvalue weighted by molar-refractivity contribution is 9.10. The van der Waals surface area contributed by atoms with Gasteiger partial charge in [0.2, 0.25) is 5.91 Å². The van der Waals surface area contributed by atoms with Crippen molar-refractivity contribution in [2.75, 3.05) is 18.5 Å². The molecule has 0 unspecified atom stereocenters. The van der Waals surface area contributed by atoms with Gasteiger partial charge in [0.15, 0.2) is 0 Å². The van der Waals surface area contributed by atoms with Gasteiger partial charge in [0, 0.05) is 16.1 Å². The van der Waals surface area contributed by atoms with Crippen LogP contribution in [0.15, 0.2) is 28.7 Å². The van der Waals surface area contributed by atoms with Gasteiger partial charge in [-0.1, -0.05) is 15.9 Å². The Hall–Kier alpha value is -2.65. The van der Waals surface area contributed by atoms with Gasteiger partial charge in [0.05, 0.1) is 24.9 Å². The third-order valence-electron chi connectivity index (χ3n) is 4.08. The molecule has 1 N–H and O–H groups in total. The smallest absolute Gasteiger partial charge is 0.348 e. The first-order chi connectivity index (χ1) is 15.2. The van der Waals surface area contributed by atoms with Crippen LogP contribution < -0.4 is 10.1 Å². The molecule has 0 bridgehead atoms. The maximum Gasteiger partial charge on any atom is 0.348 e. The average molecular weight is 524 g/mol. The van der Waals surface area contributed by atoms with Crippen molar-refractivity contribution in [3.05, 3.63) is 50.3 Å². The topological polar surface area (TPSA) is 90.9 Å². The fraction of sp³-hybridized carbons (Fsp3) is 0.348. The molecule has 0 aliphatic heterocycles. The van der Waals surface area contributed by atoms with Crippen molar-refractivity contribution < 1.29 is 28.6 Å². The first kappa shape index (κ1) is 25.6. The molecule has 1 amide bonds. The highest BCUT2D eigenvalue weighted by Gasteiger charge is 2.27. The summed E-state index contributed by atoms with van der Waals surface area (Å²) in [5.74, 6) is -1.00. The van der Waals surface area contributed by atoms with Crippen LogP contribution in [0.2, 0.25) is 0 Å². The molecule has 0 spiro atoms. The fourth-order valence-corrected chi connectivity index (χ4v) is 4.23. The molecule has 0 aliphatic rings. The highest BCUT2D eigenvalue weighted by atomic mass is 79.9. The first-order valence-electron chi connectivity index (χ1n) is 10.1. The Labute approximate surface area is 199 Å². The van der Waals surface area contributed by atoms with Crippen LogP contribution in [0.5, 0.6) is 5.75 Å². The Balaban J connectivity index is 2.33. The van der Waals surface area contributed by atoms with Crippen LogP contribution in [-0.4, -0.2) is 37.2 Å². The zero-order valence-electron chi connectivity index (χ0n) is 18.6. The minimum atomic E-state index is -0.616. The quantitative estimate of drug-likeness (QED) is 0.339. The van der Waals surface area contributed by atoms with E-state index in [1.165, 1.54) is 6.08 Å². The van der Waals surface area contributed by atoms with Gasteiger partial charge >= 0.3 is 11.9 Å². The standard InChI is InChI=1S/C23H26BrNO6S/c1-6-29-17-10-9-16(24)12-15(17)8-11-18(26)25-21-19(22(27)30-7-2)14(5)20(32-21)23(28)31-13(3)4/h8-13H,6-7H2,1-5H3,(H,25,26). The summed E-state index contributed by atoms with van der Waals surface area (Å²) in [5.41, 5.74) is 1.27. The second-order valence-electron chi connectivity index (χ2n) is 6.87. The lowest BCUT2D eigenvalue weighted by molar-refractivity contribution is -0.111. The zero-order chi connectivity index (χ0) is 23.8. The Morgan fingerprint density at radius 1 is 1.16 bits per heavy atom. The number of carbonyl (C=O) groups excluding carboxylic acids is 3. The SMILES string of the molecule is CCOC(=O)c1c(NC(=O)C=Cc2cc(Br)ccc2OCC)sc(C(=O)OC(C)C)c1C. The molecule has 9 heteroatoms. The lowest BCUT2D eigenvalue weighted by atomic mass is 10.1. The zero-order valence-corrected chi connectivity index (χ0v) is 21.0. The molecule has 1 heterocycles. The fourth-order valence-electron chi connectivity index (χ4n) is 2.77. The number of hydrogen-bond acceptors (Lipinski definition) is 7. The molecule has 1 aromatic carbocycles. The molecule has 1 aromatic heterocycles. The minimum absolute atomic E-state index is 0.145. The molecular formula is C23H26BrNO6S. The van der Waals surface area contributed by atoms with Crippen molar-refractivity contribution in [1.29, 1.82) is 0 Å². The van der Waals surface area contributed by atoms with E-state index in [1.807, 2.05) is 19.1 Å². The van der Waals surface area contributed by atoms with E-state index in [0.29, 0.717) is 23.5 Å². The van der Waals surface area contributed by atoms with Crippen molar-refractivity contribution in [3.63, 3.8) is 0 Å². The van der Waals surface area contributed by atoms with Gasteiger partial charge < -0.3 is 19.5 Å². The summed E-state index contributed by atoms with van der Waals surface area (Å²) in [6.07, 6.45) is 2.63. The predicted octanol–water partition coefficient (Wildman–Crippen LogP) is 5.61. The van der Waals surface area contributed by atoms with Crippen LogP contribution >= 0.6 is 27.3 Å². The van der Waals surface area contributed by atoms with Crippen molar-refractivity contribution in [2.45, 2.75) is 40.7 Å². The van der Waals surface area contributed by atoms with Crippen molar-refractivity contribution in [1.82, 2.24) is 0 Å². The van der Waals surface area contributed by atoms with Gasteiger partial charge in [0.25, 0.3) is 0 Å². The van der Waals surface area contributed by atoms with E-state index in [-0.39, 0.29) is 28.2 Å². The molecule has 0 saturated heterocycles. The van der Waals surface area contributed by atoms with E-state index in [2.05, 4.69) is 21.2 Å². The van der Waals surface area contributed by atoms with Gasteiger partial charge in [-0.2, -0.15) is 0 Å². The van der Waals surface area contributed by atoms with E-state index in [4.69, 9.17) is 14.2 Å². The van der Waals surface area contributed by atoms with Crippen LogP contribution in [0.3, 0.4) is 0 Å². The lowest BCUT2D eigenvalue weighted by Gasteiger charge is -2.08. The minimum Gasteiger partial charge on any atom is -0.493 e. The molecule has 0 atom stereocenters. The maximum atomic E-state index is 12.6. The van der Waals surface area contributed by atoms with Gasteiger partial charge in [-0.05, 0) is 64.5 Å². The molecule has 0 radical (unpaired) electrons. The molecular weight excluding hydrogens is 498 g/mol. The molecule has 32 heavy (non-hydrogen) atoms.